The first kappa shape index (κ1) is 10.5. The Balaban J connectivity index is 2.05. The van der Waals surface area contributed by atoms with Crippen LogP contribution in [0.5, 0.6) is 0 Å². The van der Waals surface area contributed by atoms with E-state index in [1.807, 2.05) is 24.3 Å². The van der Waals surface area contributed by atoms with E-state index in [1.54, 1.807) is 6.20 Å². The molecule has 1 N–H and O–H groups in total. The second-order valence-electron chi connectivity index (χ2n) is 3.43. The van der Waals surface area contributed by atoms with E-state index in [0.29, 0.717) is 19.5 Å². The van der Waals surface area contributed by atoms with E-state index < -0.39 is 0 Å². The Morgan fingerprint density at radius 2 is 2.06 bits per heavy atom. The van der Waals surface area contributed by atoms with E-state index in [2.05, 4.69) is 21.4 Å². The summed E-state index contributed by atoms with van der Waals surface area (Å²) in [6, 6.07) is 9.86. The van der Waals surface area contributed by atoms with Crippen LogP contribution in [0.3, 0.4) is 0 Å². The summed E-state index contributed by atoms with van der Waals surface area (Å²) in [5, 5.41) is 11.5. The lowest BCUT2D eigenvalue weighted by Gasteiger charge is -2.02. The molecule has 0 fully saturated rings. The smallest absolute Gasteiger partial charge is 0.0890 e. The molecule has 2 aromatic rings. The number of hydrogen-bond donors (Lipinski definition) is 1. The average molecular weight is 212 g/mol. The van der Waals surface area contributed by atoms with Crippen LogP contribution in [-0.4, -0.2) is 16.5 Å². The molecule has 0 amide bonds. The fraction of sp³-hybridized carbons (Fsp3) is 0.250. The molecule has 0 saturated carbocycles. The maximum atomic E-state index is 8.39. The molecule has 4 nitrogen and oxygen atoms in total. The zero-order chi connectivity index (χ0) is 11.2. The highest BCUT2D eigenvalue weighted by molar-refractivity contribution is 5.73. The van der Waals surface area contributed by atoms with Gasteiger partial charge in [0.2, 0.25) is 0 Å². The van der Waals surface area contributed by atoms with Crippen molar-refractivity contribution < 1.29 is 0 Å². The molecule has 0 aliphatic rings. The third kappa shape index (κ3) is 2.53. The molecule has 1 aromatic heterocycles. The molecular weight excluding hydrogens is 200 g/mol. The number of nitrogens with zero attached hydrogens (tertiary/aromatic N) is 3. The van der Waals surface area contributed by atoms with E-state index in [9.17, 15) is 0 Å². The van der Waals surface area contributed by atoms with E-state index in [4.69, 9.17) is 5.26 Å². The summed E-state index contributed by atoms with van der Waals surface area (Å²) in [7, 11) is 0. The van der Waals surface area contributed by atoms with Gasteiger partial charge in [-0.1, -0.05) is 12.1 Å². The molecule has 0 spiro atoms. The van der Waals surface area contributed by atoms with Gasteiger partial charge in [-0.3, -0.25) is 4.98 Å². The predicted molar refractivity (Wildman–Crippen MR) is 61.5 cm³/mol. The van der Waals surface area contributed by atoms with Gasteiger partial charge in [0.25, 0.3) is 0 Å². The first-order chi connectivity index (χ1) is 7.90. The molecule has 1 aromatic carbocycles. The van der Waals surface area contributed by atoms with Gasteiger partial charge in [-0.15, -0.1) is 0 Å². The largest absolute Gasteiger partial charge is 0.310 e. The Kier molecular flexibility index (Phi) is 3.42. The average Bonchev–Trinajstić information content (AvgIpc) is 2.34. The number of fused-ring (bicyclic) bond motifs is 1. The van der Waals surface area contributed by atoms with Crippen LogP contribution >= 0.6 is 0 Å². The van der Waals surface area contributed by atoms with Crippen molar-refractivity contribution in [3.05, 3.63) is 36.2 Å². The molecule has 0 bridgehead atoms. The Hall–Kier alpha value is -1.99. The first-order valence-electron chi connectivity index (χ1n) is 5.18. The topological polar surface area (TPSA) is 61.6 Å². The van der Waals surface area contributed by atoms with E-state index >= 15 is 0 Å². The molecule has 16 heavy (non-hydrogen) atoms. The van der Waals surface area contributed by atoms with Gasteiger partial charge in [-0.05, 0) is 12.1 Å². The summed E-state index contributed by atoms with van der Waals surface area (Å²) >= 11 is 0. The number of nitriles is 1. The zero-order valence-corrected chi connectivity index (χ0v) is 8.85. The lowest BCUT2D eigenvalue weighted by Crippen LogP contribution is -2.15. The number of para-hydroxylation sites is 2. The van der Waals surface area contributed by atoms with Crippen molar-refractivity contribution in [1.29, 1.82) is 5.26 Å². The second-order valence-corrected chi connectivity index (χ2v) is 3.43. The Morgan fingerprint density at radius 1 is 1.25 bits per heavy atom. The van der Waals surface area contributed by atoms with Gasteiger partial charge >= 0.3 is 0 Å². The minimum atomic E-state index is 0.515. The van der Waals surface area contributed by atoms with Crippen LogP contribution in [0.1, 0.15) is 12.1 Å². The molecule has 4 heteroatoms. The van der Waals surface area contributed by atoms with Crippen LogP contribution < -0.4 is 5.32 Å². The fourth-order valence-electron chi connectivity index (χ4n) is 1.44. The fourth-order valence-corrected chi connectivity index (χ4v) is 1.44. The van der Waals surface area contributed by atoms with Gasteiger partial charge in [0.1, 0.15) is 0 Å². The number of nitrogens with one attached hydrogen (secondary N) is 1. The van der Waals surface area contributed by atoms with Gasteiger partial charge in [-0.25, -0.2) is 4.98 Å². The van der Waals surface area contributed by atoms with Crippen LogP contribution in [0, 0.1) is 11.3 Å². The van der Waals surface area contributed by atoms with E-state index in [1.165, 1.54) is 0 Å². The minimum absolute atomic E-state index is 0.515. The molecule has 0 radical (unpaired) electrons. The number of rotatable bonds is 4. The molecule has 2 rings (SSSR count). The Bertz CT molecular complexity index is 516. The third-order valence-corrected chi connectivity index (χ3v) is 2.22. The molecule has 0 aliphatic carbocycles. The highest BCUT2D eigenvalue weighted by Gasteiger charge is 1.98. The van der Waals surface area contributed by atoms with Crippen LogP contribution in [0.15, 0.2) is 30.5 Å². The predicted octanol–water partition coefficient (Wildman–Crippen LogP) is 1.63. The Labute approximate surface area is 94.0 Å². The molecule has 1 heterocycles. The minimum Gasteiger partial charge on any atom is -0.310 e. The molecule has 0 unspecified atom stereocenters. The molecular formula is C12H12N4. The van der Waals surface area contributed by atoms with Crippen LogP contribution in [0.4, 0.5) is 0 Å². The van der Waals surface area contributed by atoms with Gasteiger partial charge in [0.05, 0.1) is 29.0 Å². The van der Waals surface area contributed by atoms with Crippen molar-refractivity contribution >= 4 is 11.0 Å². The summed E-state index contributed by atoms with van der Waals surface area (Å²) in [5.41, 5.74) is 2.71. The quantitative estimate of drug-likeness (QED) is 0.782. The Morgan fingerprint density at radius 3 is 2.88 bits per heavy atom. The summed E-state index contributed by atoms with van der Waals surface area (Å²) < 4.78 is 0. The van der Waals surface area contributed by atoms with Gasteiger partial charge in [0.15, 0.2) is 0 Å². The van der Waals surface area contributed by atoms with Crippen LogP contribution in [-0.2, 0) is 6.54 Å². The standard InChI is InChI=1S/C12H12N4/c13-6-3-7-14-8-10-9-15-11-4-1-2-5-12(11)16-10/h1-2,4-5,9,14H,3,7-8H2. The van der Waals surface area contributed by atoms with Crippen molar-refractivity contribution in [3.8, 4) is 6.07 Å². The molecule has 0 aliphatic heterocycles. The highest BCUT2D eigenvalue weighted by Crippen LogP contribution is 2.07. The van der Waals surface area contributed by atoms with Gasteiger partial charge in [-0.2, -0.15) is 5.26 Å². The van der Waals surface area contributed by atoms with Gasteiger partial charge in [0, 0.05) is 19.5 Å². The normalized spacial score (nSPS) is 10.2. The third-order valence-electron chi connectivity index (χ3n) is 2.22. The summed E-state index contributed by atoms with van der Waals surface area (Å²) in [6.07, 6.45) is 2.28. The lowest BCUT2D eigenvalue weighted by atomic mass is 10.3. The lowest BCUT2D eigenvalue weighted by molar-refractivity contribution is 0.685. The first-order valence-corrected chi connectivity index (χ1v) is 5.18. The summed E-state index contributed by atoms with van der Waals surface area (Å²) in [4.78, 5) is 8.78. The maximum absolute atomic E-state index is 8.39. The summed E-state index contributed by atoms with van der Waals surface area (Å²) in [5.74, 6) is 0. The van der Waals surface area contributed by atoms with Crippen molar-refractivity contribution in [2.24, 2.45) is 0 Å². The zero-order valence-electron chi connectivity index (χ0n) is 8.85. The number of hydrogen-bond acceptors (Lipinski definition) is 4. The molecule has 80 valence electrons. The number of benzene rings is 1. The van der Waals surface area contributed by atoms with Crippen molar-refractivity contribution in [1.82, 2.24) is 15.3 Å². The van der Waals surface area contributed by atoms with Crippen molar-refractivity contribution in [2.75, 3.05) is 6.54 Å². The van der Waals surface area contributed by atoms with Gasteiger partial charge < -0.3 is 5.32 Å². The number of aromatic nitrogens is 2. The van der Waals surface area contributed by atoms with E-state index in [0.717, 1.165) is 16.7 Å². The molecule has 0 atom stereocenters. The van der Waals surface area contributed by atoms with Crippen molar-refractivity contribution in [2.45, 2.75) is 13.0 Å². The highest BCUT2D eigenvalue weighted by atomic mass is 14.9. The SMILES string of the molecule is N#CCCNCc1cnc2ccccc2n1. The van der Waals surface area contributed by atoms with Crippen molar-refractivity contribution in [3.63, 3.8) is 0 Å². The van der Waals surface area contributed by atoms with Crippen LogP contribution in [0.2, 0.25) is 0 Å². The molecule has 0 saturated heterocycles. The second kappa shape index (κ2) is 5.19. The van der Waals surface area contributed by atoms with E-state index in [-0.39, 0.29) is 0 Å². The monoisotopic (exact) mass is 212 g/mol. The maximum Gasteiger partial charge on any atom is 0.0890 e. The summed E-state index contributed by atoms with van der Waals surface area (Å²) in [6.45, 7) is 1.34. The van der Waals surface area contributed by atoms with Crippen LogP contribution in [0.25, 0.3) is 11.0 Å².